The molecule has 5 heteroatoms. The van der Waals surface area contributed by atoms with Crippen LogP contribution in [0, 0.1) is 11.3 Å². The monoisotopic (exact) mass is 296 g/mol. The highest BCUT2D eigenvalue weighted by molar-refractivity contribution is 6.34. The number of aromatic nitrogens is 1. The number of halogens is 1. The number of aromatic carboxylic acids is 1. The predicted octanol–water partition coefficient (Wildman–Crippen LogP) is 3.83. The summed E-state index contributed by atoms with van der Waals surface area (Å²) in [4.78, 5) is 10.9. The summed E-state index contributed by atoms with van der Waals surface area (Å²) >= 11 is 6.16. The second-order valence-electron chi connectivity index (χ2n) is 4.51. The lowest BCUT2D eigenvalue weighted by molar-refractivity contribution is 0.0697. The largest absolute Gasteiger partial charge is 0.478 e. The Labute approximate surface area is 125 Å². The van der Waals surface area contributed by atoms with Crippen LogP contribution in [0.2, 0.25) is 5.02 Å². The molecule has 3 rings (SSSR count). The molecule has 1 aromatic carbocycles. The van der Waals surface area contributed by atoms with Crippen molar-refractivity contribution in [3.8, 4) is 17.3 Å². The summed E-state index contributed by atoms with van der Waals surface area (Å²) in [5.74, 6) is -0.970. The molecular formula is C16H9ClN2O2. The molecule has 2 aromatic heterocycles. The predicted molar refractivity (Wildman–Crippen MR) is 79.5 cm³/mol. The zero-order valence-electron chi connectivity index (χ0n) is 10.7. The van der Waals surface area contributed by atoms with E-state index in [9.17, 15) is 10.1 Å². The third kappa shape index (κ3) is 2.14. The third-order valence-electron chi connectivity index (χ3n) is 3.29. The minimum Gasteiger partial charge on any atom is -0.478 e. The summed E-state index contributed by atoms with van der Waals surface area (Å²) in [7, 11) is 0. The number of nitriles is 1. The van der Waals surface area contributed by atoms with Gasteiger partial charge in [-0.3, -0.25) is 0 Å². The SMILES string of the molecule is N#Cc1cc(-c2ccc(C(=O)O)cc2)n2cccc(Cl)c12. The second-order valence-corrected chi connectivity index (χ2v) is 4.92. The quantitative estimate of drug-likeness (QED) is 0.781. The van der Waals surface area contributed by atoms with Crippen LogP contribution < -0.4 is 0 Å². The smallest absolute Gasteiger partial charge is 0.335 e. The zero-order chi connectivity index (χ0) is 15.0. The van der Waals surface area contributed by atoms with Crippen LogP contribution in [0.5, 0.6) is 0 Å². The Bertz CT molecular complexity index is 889. The van der Waals surface area contributed by atoms with Crippen molar-refractivity contribution in [3.05, 3.63) is 64.8 Å². The first-order valence-electron chi connectivity index (χ1n) is 6.15. The van der Waals surface area contributed by atoms with Crippen molar-refractivity contribution in [1.82, 2.24) is 4.40 Å². The van der Waals surface area contributed by atoms with Crippen molar-refractivity contribution in [2.75, 3.05) is 0 Å². The average Bonchev–Trinajstić information content (AvgIpc) is 2.87. The summed E-state index contributed by atoms with van der Waals surface area (Å²) in [5.41, 5.74) is 2.97. The van der Waals surface area contributed by atoms with Crippen molar-refractivity contribution >= 4 is 23.1 Å². The lowest BCUT2D eigenvalue weighted by Crippen LogP contribution is -1.95. The molecule has 0 radical (unpaired) electrons. The van der Waals surface area contributed by atoms with Gasteiger partial charge in [-0.05, 0) is 35.9 Å². The molecule has 0 spiro atoms. The van der Waals surface area contributed by atoms with Gasteiger partial charge in [-0.1, -0.05) is 23.7 Å². The number of carbonyl (C=O) groups is 1. The minimum atomic E-state index is -0.970. The lowest BCUT2D eigenvalue weighted by Gasteiger charge is -2.04. The molecule has 21 heavy (non-hydrogen) atoms. The van der Waals surface area contributed by atoms with Gasteiger partial charge < -0.3 is 9.51 Å². The first kappa shape index (κ1) is 13.2. The van der Waals surface area contributed by atoms with Crippen LogP contribution in [0.1, 0.15) is 15.9 Å². The Morgan fingerprint density at radius 2 is 1.95 bits per heavy atom. The van der Waals surface area contributed by atoms with Crippen molar-refractivity contribution in [3.63, 3.8) is 0 Å². The summed E-state index contributed by atoms with van der Waals surface area (Å²) in [6.45, 7) is 0. The van der Waals surface area contributed by atoms with Gasteiger partial charge in [0.25, 0.3) is 0 Å². The van der Waals surface area contributed by atoms with Crippen LogP contribution in [-0.2, 0) is 0 Å². The molecule has 102 valence electrons. The van der Waals surface area contributed by atoms with Gasteiger partial charge >= 0.3 is 5.97 Å². The van der Waals surface area contributed by atoms with Crippen molar-refractivity contribution < 1.29 is 9.90 Å². The fourth-order valence-electron chi connectivity index (χ4n) is 2.31. The van der Waals surface area contributed by atoms with Gasteiger partial charge in [0.1, 0.15) is 6.07 Å². The highest BCUT2D eigenvalue weighted by Crippen LogP contribution is 2.30. The average molecular weight is 297 g/mol. The fraction of sp³-hybridized carbons (Fsp3) is 0. The third-order valence-corrected chi connectivity index (χ3v) is 3.59. The van der Waals surface area contributed by atoms with Crippen molar-refractivity contribution in [1.29, 1.82) is 5.26 Å². The number of fused-ring (bicyclic) bond motifs is 1. The Hall–Kier alpha value is -2.77. The van der Waals surface area contributed by atoms with Crippen LogP contribution in [0.15, 0.2) is 48.7 Å². The van der Waals surface area contributed by atoms with Crippen LogP contribution in [0.4, 0.5) is 0 Å². The normalized spacial score (nSPS) is 10.5. The molecule has 0 aliphatic carbocycles. The van der Waals surface area contributed by atoms with Crippen molar-refractivity contribution in [2.24, 2.45) is 0 Å². The van der Waals surface area contributed by atoms with Crippen LogP contribution >= 0.6 is 11.6 Å². The molecular weight excluding hydrogens is 288 g/mol. The molecule has 0 amide bonds. The highest BCUT2D eigenvalue weighted by Gasteiger charge is 2.13. The fourth-order valence-corrected chi connectivity index (χ4v) is 2.57. The van der Waals surface area contributed by atoms with Crippen LogP contribution in [0.3, 0.4) is 0 Å². The van der Waals surface area contributed by atoms with E-state index in [0.29, 0.717) is 16.1 Å². The summed E-state index contributed by atoms with van der Waals surface area (Å²) in [6.07, 6.45) is 1.82. The van der Waals surface area contributed by atoms with Gasteiger partial charge in [-0.25, -0.2) is 4.79 Å². The number of hydrogen-bond acceptors (Lipinski definition) is 2. The van der Waals surface area contributed by atoms with Gasteiger partial charge in [-0.15, -0.1) is 0 Å². The van der Waals surface area contributed by atoms with Gasteiger partial charge in [0.2, 0.25) is 0 Å². The Morgan fingerprint density at radius 1 is 1.24 bits per heavy atom. The van der Waals surface area contributed by atoms with Gasteiger partial charge in [0.05, 0.1) is 27.4 Å². The molecule has 0 saturated heterocycles. The molecule has 0 atom stereocenters. The minimum absolute atomic E-state index is 0.221. The second kappa shape index (κ2) is 4.97. The summed E-state index contributed by atoms with van der Waals surface area (Å²) in [6, 6.07) is 13.9. The number of carboxylic acids is 1. The van der Waals surface area contributed by atoms with Crippen molar-refractivity contribution in [2.45, 2.75) is 0 Å². The van der Waals surface area contributed by atoms with E-state index in [1.807, 2.05) is 10.6 Å². The molecule has 0 aliphatic heterocycles. The Balaban J connectivity index is 2.24. The van der Waals surface area contributed by atoms with Gasteiger partial charge in [0, 0.05) is 6.20 Å². The van der Waals surface area contributed by atoms with E-state index in [1.165, 1.54) is 12.1 Å². The summed E-state index contributed by atoms with van der Waals surface area (Å²) in [5, 5.41) is 18.7. The van der Waals surface area contributed by atoms with E-state index in [1.54, 1.807) is 30.3 Å². The van der Waals surface area contributed by atoms with Crippen LogP contribution in [0.25, 0.3) is 16.8 Å². The molecule has 1 N–H and O–H groups in total. The number of hydrogen-bond donors (Lipinski definition) is 1. The molecule has 0 aliphatic rings. The van der Waals surface area contributed by atoms with E-state index in [4.69, 9.17) is 16.7 Å². The molecule has 0 unspecified atom stereocenters. The van der Waals surface area contributed by atoms with Crippen LogP contribution in [-0.4, -0.2) is 15.5 Å². The van der Waals surface area contributed by atoms with E-state index in [2.05, 4.69) is 6.07 Å². The van der Waals surface area contributed by atoms with E-state index in [0.717, 1.165) is 11.3 Å². The Kier molecular flexibility index (Phi) is 3.13. The van der Waals surface area contributed by atoms with Gasteiger partial charge in [0.15, 0.2) is 0 Å². The summed E-state index contributed by atoms with van der Waals surface area (Å²) < 4.78 is 1.83. The van der Waals surface area contributed by atoms with E-state index < -0.39 is 5.97 Å². The maximum absolute atomic E-state index is 10.9. The topological polar surface area (TPSA) is 65.5 Å². The molecule has 0 fully saturated rings. The number of carboxylic acid groups (broad SMARTS) is 1. The molecule has 2 heterocycles. The first-order chi connectivity index (χ1) is 10.1. The maximum atomic E-state index is 10.9. The van der Waals surface area contributed by atoms with Gasteiger partial charge in [-0.2, -0.15) is 5.26 Å². The maximum Gasteiger partial charge on any atom is 0.335 e. The zero-order valence-corrected chi connectivity index (χ0v) is 11.5. The number of nitrogens with zero attached hydrogens (tertiary/aromatic N) is 2. The van der Waals surface area contributed by atoms with E-state index >= 15 is 0 Å². The highest BCUT2D eigenvalue weighted by atomic mass is 35.5. The Morgan fingerprint density at radius 3 is 2.57 bits per heavy atom. The number of rotatable bonds is 2. The standard InChI is InChI=1S/C16H9ClN2O2/c17-13-2-1-7-19-14(8-12(9-18)15(13)19)10-3-5-11(6-4-10)16(20)21/h1-8H,(H,20,21). The first-order valence-corrected chi connectivity index (χ1v) is 6.53. The number of benzene rings is 1. The molecule has 3 aromatic rings. The number of pyridine rings is 1. The molecule has 0 bridgehead atoms. The molecule has 0 saturated carbocycles. The molecule has 4 nitrogen and oxygen atoms in total. The lowest BCUT2D eigenvalue weighted by atomic mass is 10.1. The van der Waals surface area contributed by atoms with E-state index in [-0.39, 0.29) is 5.56 Å².